The van der Waals surface area contributed by atoms with Crippen molar-refractivity contribution < 1.29 is 13.5 Å². The molecule has 0 aliphatic carbocycles. The number of halogens is 1. The van der Waals surface area contributed by atoms with Gasteiger partial charge < -0.3 is 13.6 Å². The van der Waals surface area contributed by atoms with Gasteiger partial charge in [0.15, 0.2) is 5.76 Å². The van der Waals surface area contributed by atoms with E-state index in [4.69, 9.17) is 9.15 Å². The highest BCUT2D eigenvalue weighted by molar-refractivity contribution is 5.84. The van der Waals surface area contributed by atoms with Crippen molar-refractivity contribution in [2.45, 2.75) is 13.3 Å². The predicted octanol–water partition coefficient (Wildman–Crippen LogP) is 4.46. The summed E-state index contributed by atoms with van der Waals surface area (Å²) in [7, 11) is 1.63. The topological polar surface area (TPSA) is 39.7 Å². The highest BCUT2D eigenvalue weighted by Gasteiger charge is 2.17. The smallest absolute Gasteiger partial charge is 0.155 e. The first-order valence-corrected chi connectivity index (χ1v) is 7.44. The molecule has 4 rings (SSSR count). The Morgan fingerprint density at radius 3 is 2.87 bits per heavy atom. The number of aryl methyl sites for hydroxylation is 1. The molecule has 0 N–H and O–H groups in total. The highest BCUT2D eigenvalue weighted by atomic mass is 19.1. The average Bonchev–Trinajstić information content (AvgIpc) is 3.14. The van der Waals surface area contributed by atoms with Crippen LogP contribution in [0.3, 0.4) is 0 Å². The lowest BCUT2D eigenvalue weighted by Crippen LogP contribution is -1.93. The fourth-order valence-electron chi connectivity index (χ4n) is 2.87. The second kappa shape index (κ2) is 5.12. The van der Waals surface area contributed by atoms with Crippen molar-refractivity contribution in [3.8, 4) is 17.2 Å². The zero-order chi connectivity index (χ0) is 16.0. The van der Waals surface area contributed by atoms with Crippen LogP contribution < -0.4 is 4.74 Å². The fourth-order valence-corrected chi connectivity index (χ4v) is 2.87. The molecule has 3 aromatic heterocycles. The zero-order valence-electron chi connectivity index (χ0n) is 12.8. The number of rotatable bonds is 3. The molecule has 4 aromatic rings. The molecule has 0 saturated carbocycles. The van der Waals surface area contributed by atoms with Gasteiger partial charge in [0.2, 0.25) is 0 Å². The lowest BCUT2D eigenvalue weighted by molar-refractivity contribution is 0.415. The monoisotopic (exact) mass is 310 g/mol. The lowest BCUT2D eigenvalue weighted by atomic mass is 10.2. The molecule has 23 heavy (non-hydrogen) atoms. The van der Waals surface area contributed by atoms with Crippen LogP contribution in [0.15, 0.2) is 47.0 Å². The molecule has 0 bridgehead atoms. The second-order valence-corrected chi connectivity index (χ2v) is 5.35. The van der Waals surface area contributed by atoms with Gasteiger partial charge in [-0.25, -0.2) is 9.37 Å². The summed E-state index contributed by atoms with van der Waals surface area (Å²) in [6.07, 6.45) is 2.18. The summed E-state index contributed by atoms with van der Waals surface area (Å²) in [6, 6.07) is 10.7. The molecule has 1 aromatic carbocycles. The van der Waals surface area contributed by atoms with Gasteiger partial charge in [-0.3, -0.25) is 0 Å². The number of methoxy groups -OCH3 is 1. The van der Waals surface area contributed by atoms with E-state index in [2.05, 4.69) is 4.98 Å². The molecule has 5 heteroatoms. The number of imidazole rings is 1. The first-order chi connectivity index (χ1) is 11.2. The molecule has 0 fully saturated rings. The molecular weight excluding hydrogens is 295 g/mol. The number of furan rings is 1. The van der Waals surface area contributed by atoms with Crippen molar-refractivity contribution in [2.75, 3.05) is 7.11 Å². The van der Waals surface area contributed by atoms with Gasteiger partial charge in [-0.1, -0.05) is 6.92 Å². The third-order valence-electron chi connectivity index (χ3n) is 3.97. The molecule has 0 unspecified atom stereocenters. The van der Waals surface area contributed by atoms with E-state index in [-0.39, 0.29) is 5.82 Å². The summed E-state index contributed by atoms with van der Waals surface area (Å²) >= 11 is 0. The lowest BCUT2D eigenvalue weighted by Gasteiger charge is -1.99. The average molecular weight is 310 g/mol. The van der Waals surface area contributed by atoms with E-state index in [9.17, 15) is 4.39 Å². The quantitative estimate of drug-likeness (QED) is 0.561. The minimum atomic E-state index is -0.287. The van der Waals surface area contributed by atoms with Crippen LogP contribution in [0.5, 0.6) is 5.75 Å². The summed E-state index contributed by atoms with van der Waals surface area (Å²) in [5.41, 5.74) is 3.14. The molecule has 0 aliphatic rings. The first kappa shape index (κ1) is 13.8. The van der Waals surface area contributed by atoms with E-state index >= 15 is 0 Å². The van der Waals surface area contributed by atoms with E-state index in [1.54, 1.807) is 17.6 Å². The Balaban J connectivity index is 1.94. The van der Waals surface area contributed by atoms with Crippen LogP contribution in [0.25, 0.3) is 28.1 Å². The summed E-state index contributed by atoms with van der Waals surface area (Å²) in [4.78, 5) is 4.60. The Labute approximate surface area is 132 Å². The number of pyridine rings is 1. The van der Waals surface area contributed by atoms with E-state index in [0.717, 1.165) is 34.5 Å². The number of ether oxygens (including phenoxy) is 1. The molecule has 0 saturated heterocycles. The van der Waals surface area contributed by atoms with Gasteiger partial charge >= 0.3 is 0 Å². The molecule has 0 spiro atoms. The number of nitrogens with zero attached hydrogens (tertiary/aromatic N) is 2. The van der Waals surface area contributed by atoms with E-state index in [0.29, 0.717) is 11.4 Å². The number of hydrogen-bond acceptors (Lipinski definition) is 3. The van der Waals surface area contributed by atoms with Gasteiger partial charge in [0.25, 0.3) is 0 Å². The van der Waals surface area contributed by atoms with Gasteiger partial charge in [0, 0.05) is 11.6 Å². The van der Waals surface area contributed by atoms with Crippen molar-refractivity contribution >= 4 is 16.6 Å². The fraction of sp³-hybridized carbons (Fsp3) is 0.167. The summed E-state index contributed by atoms with van der Waals surface area (Å²) in [6.45, 7) is 2.02. The molecule has 0 amide bonds. The van der Waals surface area contributed by atoms with Crippen LogP contribution in [0.2, 0.25) is 0 Å². The van der Waals surface area contributed by atoms with E-state index < -0.39 is 0 Å². The first-order valence-electron chi connectivity index (χ1n) is 7.44. The van der Waals surface area contributed by atoms with Crippen molar-refractivity contribution in [3.05, 3.63) is 54.1 Å². The van der Waals surface area contributed by atoms with Crippen LogP contribution in [-0.4, -0.2) is 16.5 Å². The minimum absolute atomic E-state index is 0.287. The Morgan fingerprint density at radius 1 is 1.22 bits per heavy atom. The normalized spacial score (nSPS) is 11.4. The third kappa shape index (κ3) is 2.16. The number of benzene rings is 1. The standard InChI is InChI=1S/C18H15FN2O2/c1-3-14-18(20-17-7-4-12(19)10-21(14)17)16-9-11-8-13(22-2)5-6-15(11)23-16/h4-10H,3H2,1-2H3. The Kier molecular flexibility index (Phi) is 3.08. The second-order valence-electron chi connectivity index (χ2n) is 5.35. The van der Waals surface area contributed by atoms with Crippen molar-refractivity contribution in [3.63, 3.8) is 0 Å². The van der Waals surface area contributed by atoms with Crippen LogP contribution >= 0.6 is 0 Å². The van der Waals surface area contributed by atoms with Crippen molar-refractivity contribution in [2.24, 2.45) is 0 Å². The zero-order valence-corrected chi connectivity index (χ0v) is 12.8. The molecule has 3 heterocycles. The molecule has 0 aliphatic heterocycles. The SMILES string of the molecule is CCc1c(-c2cc3cc(OC)ccc3o2)nc2ccc(F)cn12. The minimum Gasteiger partial charge on any atom is -0.497 e. The molecule has 0 atom stereocenters. The number of fused-ring (bicyclic) bond motifs is 2. The molecule has 4 nitrogen and oxygen atoms in total. The maximum absolute atomic E-state index is 13.5. The Bertz CT molecular complexity index is 1020. The largest absolute Gasteiger partial charge is 0.497 e. The third-order valence-corrected chi connectivity index (χ3v) is 3.97. The van der Waals surface area contributed by atoms with Crippen LogP contribution in [0, 0.1) is 5.82 Å². The molecule has 116 valence electrons. The van der Waals surface area contributed by atoms with Crippen LogP contribution in [0.4, 0.5) is 4.39 Å². The number of aromatic nitrogens is 2. The maximum Gasteiger partial charge on any atom is 0.155 e. The van der Waals surface area contributed by atoms with E-state index in [1.165, 1.54) is 12.3 Å². The van der Waals surface area contributed by atoms with Crippen LogP contribution in [0.1, 0.15) is 12.6 Å². The van der Waals surface area contributed by atoms with Gasteiger partial charge in [0.1, 0.15) is 28.5 Å². The summed E-state index contributed by atoms with van der Waals surface area (Å²) < 4.78 is 26.5. The predicted molar refractivity (Wildman–Crippen MR) is 86.3 cm³/mol. The highest BCUT2D eigenvalue weighted by Crippen LogP contribution is 2.32. The maximum atomic E-state index is 13.5. The van der Waals surface area contributed by atoms with Crippen molar-refractivity contribution in [1.29, 1.82) is 0 Å². The van der Waals surface area contributed by atoms with Gasteiger partial charge in [0.05, 0.1) is 12.8 Å². The Morgan fingerprint density at radius 2 is 2.09 bits per heavy atom. The van der Waals surface area contributed by atoms with Gasteiger partial charge in [-0.15, -0.1) is 0 Å². The molecular formula is C18H15FN2O2. The summed E-state index contributed by atoms with van der Waals surface area (Å²) in [5, 5.41) is 0.949. The van der Waals surface area contributed by atoms with Gasteiger partial charge in [-0.05, 0) is 42.8 Å². The Hall–Kier alpha value is -2.82. The van der Waals surface area contributed by atoms with Crippen LogP contribution in [-0.2, 0) is 6.42 Å². The summed E-state index contributed by atoms with van der Waals surface area (Å²) in [5.74, 6) is 1.16. The van der Waals surface area contributed by atoms with Crippen molar-refractivity contribution in [1.82, 2.24) is 9.38 Å². The number of hydrogen-bond donors (Lipinski definition) is 0. The molecule has 0 radical (unpaired) electrons. The van der Waals surface area contributed by atoms with Gasteiger partial charge in [-0.2, -0.15) is 0 Å². The van der Waals surface area contributed by atoms with E-state index in [1.807, 2.05) is 31.2 Å².